The summed E-state index contributed by atoms with van der Waals surface area (Å²) in [6.07, 6.45) is 2.61. The molecule has 0 spiro atoms. The molecule has 1 aliphatic heterocycles. The van der Waals surface area contributed by atoms with Gasteiger partial charge in [-0.3, -0.25) is 9.36 Å². The van der Waals surface area contributed by atoms with E-state index in [4.69, 9.17) is 19.2 Å². The molecule has 270 valence electrons. The van der Waals surface area contributed by atoms with Crippen molar-refractivity contribution < 1.29 is 23.8 Å². The molecule has 0 unspecified atom stereocenters. The highest BCUT2D eigenvalue weighted by atomic mass is 16.6. The molecule has 2 atom stereocenters. The van der Waals surface area contributed by atoms with Crippen molar-refractivity contribution >= 4 is 34.1 Å². The number of piperidine rings is 1. The number of fused-ring (bicyclic) bond motifs is 2. The number of benzene rings is 3. The van der Waals surface area contributed by atoms with Gasteiger partial charge in [0.25, 0.3) is 0 Å². The zero-order chi connectivity index (χ0) is 36.1. The van der Waals surface area contributed by atoms with Gasteiger partial charge in [-0.1, -0.05) is 24.3 Å². The average Bonchev–Trinajstić information content (AvgIpc) is 3.64. The second-order valence-corrected chi connectivity index (χ2v) is 14.2. The van der Waals surface area contributed by atoms with E-state index >= 15 is 0 Å². The molecule has 12 nitrogen and oxygen atoms in total. The Hall–Kier alpha value is -5.10. The van der Waals surface area contributed by atoms with Gasteiger partial charge < -0.3 is 34.0 Å². The van der Waals surface area contributed by atoms with Crippen molar-refractivity contribution in [1.29, 1.82) is 0 Å². The maximum Gasteiger partial charge on any atom is 0.407 e. The van der Waals surface area contributed by atoms with E-state index in [2.05, 4.69) is 20.9 Å². The molecular weight excluding hydrogens is 648 g/mol. The Morgan fingerprint density at radius 3 is 2.57 bits per heavy atom. The number of hydrogen-bond donors (Lipinski definition) is 2. The molecule has 0 bridgehead atoms. The van der Waals surface area contributed by atoms with Gasteiger partial charge in [-0.25, -0.2) is 14.6 Å². The molecule has 2 amide bonds. The summed E-state index contributed by atoms with van der Waals surface area (Å²) in [6.45, 7) is 8.09. The number of aromatic nitrogens is 4. The molecule has 12 heteroatoms. The van der Waals surface area contributed by atoms with Gasteiger partial charge in [0.2, 0.25) is 5.91 Å². The third-order valence-corrected chi connectivity index (χ3v) is 9.26. The molecule has 0 saturated carbocycles. The summed E-state index contributed by atoms with van der Waals surface area (Å²) in [7, 11) is 3.30. The molecular formula is C39H48N6O6. The number of ether oxygens (including phenoxy) is 3. The van der Waals surface area contributed by atoms with Crippen LogP contribution in [0.4, 0.5) is 4.79 Å². The normalized spacial score (nSPS) is 15.6. The van der Waals surface area contributed by atoms with Gasteiger partial charge >= 0.3 is 11.8 Å². The smallest absolute Gasteiger partial charge is 0.407 e. The van der Waals surface area contributed by atoms with Crippen LogP contribution in [0.2, 0.25) is 0 Å². The van der Waals surface area contributed by atoms with Crippen molar-refractivity contribution in [2.24, 2.45) is 0 Å². The summed E-state index contributed by atoms with van der Waals surface area (Å²) in [5, 5.41) is 2.97. The van der Waals surface area contributed by atoms with E-state index in [0.717, 1.165) is 48.2 Å². The standard InChI is InChI=1S/C39H48N6O6/c1-39(2,3)51-38(48)40-28(22-26-13-15-29(16-14-26)45-34-24-30(50-5)17-18-32(34)42-37(45)47)23-35(46)43-19-8-10-27(25-43)36-41-31-11-6-7-12-33(31)44(36)20-9-21-49-4/h6-7,11-18,24,27-28H,8-10,19-23,25H2,1-5H3,(H,40,48)(H,42,47)/t27-,28-/m1/s1. The Labute approximate surface area is 297 Å². The third kappa shape index (κ3) is 8.45. The van der Waals surface area contributed by atoms with E-state index in [0.29, 0.717) is 48.6 Å². The molecule has 2 aromatic heterocycles. The number of imidazole rings is 2. The molecule has 51 heavy (non-hydrogen) atoms. The van der Waals surface area contributed by atoms with Gasteiger partial charge in [0.1, 0.15) is 17.2 Å². The fourth-order valence-electron chi connectivity index (χ4n) is 6.94. The molecule has 5 aromatic rings. The number of hydrogen-bond acceptors (Lipinski definition) is 7. The molecule has 1 aliphatic rings. The Morgan fingerprint density at radius 1 is 1.04 bits per heavy atom. The highest BCUT2D eigenvalue weighted by Crippen LogP contribution is 2.30. The predicted molar refractivity (Wildman–Crippen MR) is 197 cm³/mol. The Balaban J connectivity index is 1.19. The van der Waals surface area contributed by atoms with E-state index in [-0.39, 0.29) is 23.9 Å². The lowest BCUT2D eigenvalue weighted by atomic mass is 9.95. The molecule has 1 fully saturated rings. The van der Waals surface area contributed by atoms with E-state index in [1.807, 2.05) is 80.3 Å². The van der Waals surface area contributed by atoms with E-state index in [1.54, 1.807) is 24.9 Å². The van der Waals surface area contributed by atoms with Crippen LogP contribution in [0, 0.1) is 0 Å². The number of para-hydroxylation sites is 2. The minimum Gasteiger partial charge on any atom is -0.497 e. The second kappa shape index (κ2) is 15.4. The summed E-state index contributed by atoms with van der Waals surface area (Å²) in [6, 6.07) is 20.6. The van der Waals surface area contributed by atoms with E-state index in [1.165, 1.54) is 0 Å². The maximum absolute atomic E-state index is 14.0. The van der Waals surface area contributed by atoms with Crippen LogP contribution in [0.3, 0.4) is 0 Å². The first-order valence-corrected chi connectivity index (χ1v) is 17.6. The fraction of sp³-hybridized carbons (Fsp3) is 0.436. The van der Waals surface area contributed by atoms with Crippen molar-refractivity contribution in [2.75, 3.05) is 33.9 Å². The van der Waals surface area contributed by atoms with Crippen LogP contribution in [-0.4, -0.2) is 81.6 Å². The number of nitrogens with zero attached hydrogens (tertiary/aromatic N) is 4. The number of methoxy groups -OCH3 is 2. The minimum atomic E-state index is -0.690. The van der Waals surface area contributed by atoms with E-state index in [9.17, 15) is 14.4 Å². The Bertz CT molecular complexity index is 2040. The molecule has 0 radical (unpaired) electrons. The van der Waals surface area contributed by atoms with Crippen molar-refractivity contribution in [3.63, 3.8) is 0 Å². The number of H-pyrrole nitrogens is 1. The lowest BCUT2D eigenvalue weighted by molar-refractivity contribution is -0.133. The highest BCUT2D eigenvalue weighted by Gasteiger charge is 2.31. The average molecular weight is 697 g/mol. The Morgan fingerprint density at radius 2 is 1.82 bits per heavy atom. The molecule has 1 saturated heterocycles. The first-order valence-electron chi connectivity index (χ1n) is 17.6. The first-order chi connectivity index (χ1) is 24.5. The molecule has 6 rings (SSSR count). The first kappa shape index (κ1) is 35.7. The SMILES string of the molecule is COCCCn1c([C@@H]2CCCN(C(=O)C[C@@H](Cc3ccc(-n4c(=O)[nH]c5ccc(OC)cc54)cc3)NC(=O)OC(C)(C)C)C2)nc2ccccc21. The van der Waals surface area contributed by atoms with Crippen molar-refractivity contribution in [2.45, 2.75) is 77.0 Å². The van der Waals surface area contributed by atoms with Gasteiger partial charge in [0.05, 0.1) is 34.9 Å². The largest absolute Gasteiger partial charge is 0.497 e. The van der Waals surface area contributed by atoms with Crippen LogP contribution in [0.25, 0.3) is 27.8 Å². The second-order valence-electron chi connectivity index (χ2n) is 14.2. The lowest BCUT2D eigenvalue weighted by Gasteiger charge is -2.34. The monoisotopic (exact) mass is 696 g/mol. The summed E-state index contributed by atoms with van der Waals surface area (Å²) in [5.74, 6) is 1.71. The van der Waals surface area contributed by atoms with Crippen LogP contribution < -0.4 is 15.7 Å². The highest BCUT2D eigenvalue weighted by molar-refractivity contribution is 5.80. The van der Waals surface area contributed by atoms with Crippen LogP contribution >= 0.6 is 0 Å². The summed E-state index contributed by atoms with van der Waals surface area (Å²) < 4.78 is 20.2. The summed E-state index contributed by atoms with van der Waals surface area (Å²) in [4.78, 5) is 49.7. The molecule has 3 heterocycles. The van der Waals surface area contributed by atoms with Crippen molar-refractivity contribution in [3.05, 3.63) is 88.6 Å². The van der Waals surface area contributed by atoms with Gasteiger partial charge in [-0.15, -0.1) is 0 Å². The Kier molecular flexibility index (Phi) is 10.8. The lowest BCUT2D eigenvalue weighted by Crippen LogP contribution is -2.46. The van der Waals surface area contributed by atoms with Crippen molar-refractivity contribution in [1.82, 2.24) is 29.3 Å². The fourth-order valence-corrected chi connectivity index (χ4v) is 6.94. The predicted octanol–water partition coefficient (Wildman–Crippen LogP) is 5.95. The summed E-state index contributed by atoms with van der Waals surface area (Å²) >= 11 is 0. The number of rotatable bonds is 12. The molecule has 3 aromatic carbocycles. The van der Waals surface area contributed by atoms with E-state index < -0.39 is 17.7 Å². The molecule has 2 N–H and O–H groups in total. The van der Waals surface area contributed by atoms with Crippen LogP contribution in [0.1, 0.15) is 63.8 Å². The zero-order valence-electron chi connectivity index (χ0n) is 30.1. The number of amides is 2. The van der Waals surface area contributed by atoms with Gasteiger partial charge in [-0.05, 0) is 88.4 Å². The van der Waals surface area contributed by atoms with Gasteiger partial charge in [-0.2, -0.15) is 0 Å². The number of alkyl carbamates (subject to hydrolysis) is 1. The van der Waals surface area contributed by atoms with Crippen LogP contribution in [0.5, 0.6) is 5.75 Å². The topological polar surface area (TPSA) is 133 Å². The zero-order valence-corrected chi connectivity index (χ0v) is 30.1. The maximum atomic E-state index is 14.0. The van der Waals surface area contributed by atoms with Crippen molar-refractivity contribution in [3.8, 4) is 11.4 Å². The minimum absolute atomic E-state index is 0.0290. The number of likely N-dealkylation sites (tertiary alicyclic amines) is 1. The summed E-state index contributed by atoms with van der Waals surface area (Å²) in [5.41, 5.74) is 4.09. The number of aryl methyl sites for hydroxylation is 1. The quantitative estimate of drug-likeness (QED) is 0.154. The third-order valence-electron chi connectivity index (χ3n) is 9.26. The van der Waals surface area contributed by atoms with Gasteiger partial charge in [0, 0.05) is 57.8 Å². The number of nitrogens with one attached hydrogen (secondary N) is 2. The van der Waals surface area contributed by atoms with Gasteiger partial charge in [0.15, 0.2) is 0 Å². The number of aromatic amines is 1. The van der Waals surface area contributed by atoms with Crippen LogP contribution in [0.15, 0.2) is 71.5 Å². The molecule has 0 aliphatic carbocycles. The van der Waals surface area contributed by atoms with Crippen LogP contribution in [-0.2, 0) is 27.2 Å². The number of carbonyl (C=O) groups is 2. The number of carbonyl (C=O) groups excluding carboxylic acids is 2.